The van der Waals surface area contributed by atoms with Crippen molar-refractivity contribution in [1.82, 2.24) is 20.4 Å². The van der Waals surface area contributed by atoms with Crippen LogP contribution in [0.3, 0.4) is 0 Å². The fraction of sp³-hybridized carbons (Fsp3) is 0.909. The van der Waals surface area contributed by atoms with Gasteiger partial charge in [-0.25, -0.2) is 0 Å². The van der Waals surface area contributed by atoms with Gasteiger partial charge in [0.05, 0.1) is 5.54 Å². The lowest BCUT2D eigenvalue weighted by molar-refractivity contribution is -0.130. The molecule has 2 N–H and O–H groups in total. The highest BCUT2D eigenvalue weighted by Crippen LogP contribution is 2.25. The summed E-state index contributed by atoms with van der Waals surface area (Å²) in [5.74, 6) is 0.931. The molecule has 3 aliphatic heterocycles. The van der Waals surface area contributed by atoms with Crippen LogP contribution in [0.4, 0.5) is 0 Å². The smallest absolute Gasteiger partial charge is 0.244 e. The van der Waals surface area contributed by atoms with E-state index in [4.69, 9.17) is 4.74 Å². The zero-order valence-corrected chi connectivity index (χ0v) is 18.5. The average Bonchev–Trinajstić information content (AvgIpc) is 2.78. The summed E-state index contributed by atoms with van der Waals surface area (Å²) in [6.07, 6.45) is 4.35. The van der Waals surface area contributed by atoms with Crippen LogP contribution in [0.15, 0.2) is 0 Å². The van der Waals surface area contributed by atoms with E-state index in [0.717, 1.165) is 58.4 Å². The maximum absolute atomic E-state index is 13.0. The largest absolute Gasteiger partial charge is 0.381 e. The van der Waals surface area contributed by atoms with Gasteiger partial charge in [-0.3, -0.25) is 14.5 Å². The standard InChI is InChI=1S/C22H40N4O3/c1-4-25-9-5-18(6-10-25)13-20(27)23-19-15-26(14-17(2)3)16-22(24-21(19)28)7-11-29-12-8-22/h17-19H,4-16H2,1-3H3,(H,23,27)(H,24,28). The molecule has 7 nitrogen and oxygen atoms in total. The average molecular weight is 409 g/mol. The molecule has 1 unspecified atom stereocenters. The summed E-state index contributed by atoms with van der Waals surface area (Å²) in [5.41, 5.74) is -0.226. The fourth-order valence-electron chi connectivity index (χ4n) is 5.06. The molecule has 3 saturated heterocycles. The van der Waals surface area contributed by atoms with E-state index in [0.29, 0.717) is 38.0 Å². The minimum atomic E-state index is -0.473. The molecule has 0 aliphatic carbocycles. The van der Waals surface area contributed by atoms with Crippen LogP contribution in [-0.2, 0) is 14.3 Å². The second-order valence-corrected chi connectivity index (χ2v) is 9.67. The first-order chi connectivity index (χ1) is 13.9. The summed E-state index contributed by atoms with van der Waals surface area (Å²) in [6.45, 7) is 13.5. The fourth-order valence-corrected chi connectivity index (χ4v) is 5.06. The first-order valence-corrected chi connectivity index (χ1v) is 11.5. The Balaban J connectivity index is 1.59. The van der Waals surface area contributed by atoms with Crippen molar-refractivity contribution in [2.24, 2.45) is 11.8 Å². The van der Waals surface area contributed by atoms with Crippen molar-refractivity contribution in [2.45, 2.75) is 64.5 Å². The summed E-state index contributed by atoms with van der Waals surface area (Å²) in [4.78, 5) is 30.6. The molecule has 1 spiro atoms. The molecule has 3 fully saturated rings. The lowest BCUT2D eigenvalue weighted by Gasteiger charge is -2.39. The van der Waals surface area contributed by atoms with Crippen molar-refractivity contribution in [3.63, 3.8) is 0 Å². The lowest BCUT2D eigenvalue weighted by Crippen LogP contribution is -2.57. The highest BCUT2D eigenvalue weighted by atomic mass is 16.5. The molecule has 3 heterocycles. The van der Waals surface area contributed by atoms with Crippen molar-refractivity contribution < 1.29 is 14.3 Å². The van der Waals surface area contributed by atoms with Gasteiger partial charge in [0.1, 0.15) is 6.04 Å². The number of ether oxygens (including phenoxy) is 1. The zero-order chi connectivity index (χ0) is 20.9. The van der Waals surface area contributed by atoms with Crippen LogP contribution in [0, 0.1) is 11.8 Å². The van der Waals surface area contributed by atoms with E-state index < -0.39 is 6.04 Å². The Bertz CT molecular complexity index is 554. The van der Waals surface area contributed by atoms with Crippen molar-refractivity contribution in [3.8, 4) is 0 Å². The van der Waals surface area contributed by atoms with Gasteiger partial charge >= 0.3 is 0 Å². The molecule has 0 aromatic heterocycles. The van der Waals surface area contributed by atoms with Gasteiger partial charge in [-0.05, 0) is 57.2 Å². The van der Waals surface area contributed by atoms with Crippen LogP contribution in [-0.4, -0.2) is 85.7 Å². The number of likely N-dealkylation sites (tertiary alicyclic amines) is 1. The summed E-state index contributed by atoms with van der Waals surface area (Å²) in [6, 6.07) is -0.473. The summed E-state index contributed by atoms with van der Waals surface area (Å²) in [7, 11) is 0. The van der Waals surface area contributed by atoms with E-state index in [1.54, 1.807) is 0 Å². The van der Waals surface area contributed by atoms with Gasteiger partial charge in [-0.2, -0.15) is 0 Å². The van der Waals surface area contributed by atoms with E-state index >= 15 is 0 Å². The number of piperidine rings is 1. The van der Waals surface area contributed by atoms with Gasteiger partial charge in [0, 0.05) is 39.3 Å². The molecule has 3 aliphatic rings. The normalized spacial score (nSPS) is 27.0. The summed E-state index contributed by atoms with van der Waals surface area (Å²) >= 11 is 0. The van der Waals surface area contributed by atoms with Crippen LogP contribution in [0.2, 0.25) is 0 Å². The predicted molar refractivity (Wildman–Crippen MR) is 114 cm³/mol. The second kappa shape index (κ2) is 10.2. The monoisotopic (exact) mass is 408 g/mol. The van der Waals surface area contributed by atoms with Crippen LogP contribution in [0.1, 0.15) is 52.9 Å². The van der Waals surface area contributed by atoms with Crippen molar-refractivity contribution >= 4 is 11.8 Å². The highest BCUT2D eigenvalue weighted by Gasteiger charge is 2.41. The third kappa shape index (κ3) is 6.40. The van der Waals surface area contributed by atoms with E-state index in [9.17, 15) is 9.59 Å². The number of hydrogen-bond donors (Lipinski definition) is 2. The quantitative estimate of drug-likeness (QED) is 0.692. The van der Waals surface area contributed by atoms with Crippen LogP contribution in [0.25, 0.3) is 0 Å². The first kappa shape index (κ1) is 22.5. The van der Waals surface area contributed by atoms with Gasteiger partial charge in [-0.1, -0.05) is 20.8 Å². The second-order valence-electron chi connectivity index (χ2n) is 9.67. The SMILES string of the molecule is CCN1CCC(CC(=O)NC2CN(CC(C)C)CC3(CCOCC3)NC2=O)CC1. The van der Waals surface area contributed by atoms with Crippen LogP contribution < -0.4 is 10.6 Å². The van der Waals surface area contributed by atoms with Gasteiger partial charge in [-0.15, -0.1) is 0 Å². The number of nitrogens with zero attached hydrogens (tertiary/aromatic N) is 2. The lowest BCUT2D eigenvalue weighted by atomic mass is 9.89. The van der Waals surface area contributed by atoms with Gasteiger partial charge in [0.2, 0.25) is 11.8 Å². The van der Waals surface area contributed by atoms with Crippen LogP contribution in [0.5, 0.6) is 0 Å². The number of nitrogens with one attached hydrogen (secondary N) is 2. The van der Waals surface area contributed by atoms with Crippen molar-refractivity contribution in [1.29, 1.82) is 0 Å². The molecule has 29 heavy (non-hydrogen) atoms. The molecule has 1 atom stereocenters. The highest BCUT2D eigenvalue weighted by molar-refractivity contribution is 5.88. The molecule has 0 aromatic rings. The maximum atomic E-state index is 13.0. The Hall–Kier alpha value is -1.18. The molecule has 3 rings (SSSR count). The molecule has 0 radical (unpaired) electrons. The molecular formula is C22H40N4O3. The topological polar surface area (TPSA) is 73.9 Å². The molecule has 166 valence electrons. The molecule has 7 heteroatoms. The van der Waals surface area contributed by atoms with E-state index in [1.807, 2.05) is 0 Å². The van der Waals surface area contributed by atoms with E-state index in [2.05, 4.69) is 41.2 Å². The predicted octanol–water partition coefficient (Wildman–Crippen LogP) is 1.23. The Morgan fingerprint density at radius 3 is 2.55 bits per heavy atom. The molecular weight excluding hydrogens is 368 g/mol. The Morgan fingerprint density at radius 1 is 1.24 bits per heavy atom. The minimum Gasteiger partial charge on any atom is -0.381 e. The number of rotatable bonds is 6. The van der Waals surface area contributed by atoms with E-state index in [-0.39, 0.29) is 17.4 Å². The number of hydrogen-bond acceptors (Lipinski definition) is 5. The zero-order valence-electron chi connectivity index (χ0n) is 18.5. The van der Waals surface area contributed by atoms with Gasteiger partial charge < -0.3 is 20.3 Å². The van der Waals surface area contributed by atoms with Crippen molar-refractivity contribution in [2.75, 3.05) is 52.5 Å². The Morgan fingerprint density at radius 2 is 1.93 bits per heavy atom. The van der Waals surface area contributed by atoms with Crippen molar-refractivity contribution in [3.05, 3.63) is 0 Å². The van der Waals surface area contributed by atoms with Gasteiger partial charge in [0.15, 0.2) is 0 Å². The first-order valence-electron chi connectivity index (χ1n) is 11.5. The van der Waals surface area contributed by atoms with E-state index in [1.165, 1.54) is 0 Å². The van der Waals surface area contributed by atoms with Gasteiger partial charge in [0.25, 0.3) is 0 Å². The summed E-state index contributed by atoms with van der Waals surface area (Å²) in [5, 5.41) is 6.36. The third-order valence-corrected chi connectivity index (χ3v) is 6.71. The minimum absolute atomic E-state index is 0.0209. The van der Waals surface area contributed by atoms with Crippen LogP contribution >= 0.6 is 0 Å². The number of carbonyl (C=O) groups is 2. The Labute approximate surface area is 175 Å². The number of amides is 2. The maximum Gasteiger partial charge on any atom is 0.244 e. The molecule has 2 amide bonds. The molecule has 0 bridgehead atoms. The molecule has 0 aromatic carbocycles. The number of carbonyl (C=O) groups excluding carboxylic acids is 2. The molecule has 0 saturated carbocycles. The summed E-state index contributed by atoms with van der Waals surface area (Å²) < 4.78 is 5.54. The third-order valence-electron chi connectivity index (χ3n) is 6.71. The Kier molecular flexibility index (Phi) is 7.93.